The van der Waals surface area contributed by atoms with Gasteiger partial charge in [0.2, 0.25) is 0 Å². The number of aromatic nitrogens is 2. The van der Waals surface area contributed by atoms with E-state index in [-0.39, 0.29) is 11.8 Å². The molecule has 0 saturated carbocycles. The topological polar surface area (TPSA) is 87.4 Å². The largest absolute Gasteiger partial charge is 0.393 e. The smallest absolute Gasteiger partial charge is 0.159 e. The highest BCUT2D eigenvalue weighted by atomic mass is 16.1. The first-order valence-electron chi connectivity index (χ1n) is 12.2. The van der Waals surface area contributed by atoms with Crippen molar-refractivity contribution in [3.63, 3.8) is 0 Å². The lowest BCUT2D eigenvalue weighted by atomic mass is 9.96. The number of rotatable bonds is 7. The summed E-state index contributed by atoms with van der Waals surface area (Å²) in [5.41, 5.74) is 11.0. The third-order valence-electron chi connectivity index (χ3n) is 6.60. The van der Waals surface area contributed by atoms with Crippen molar-refractivity contribution in [3.05, 3.63) is 108 Å². The summed E-state index contributed by atoms with van der Waals surface area (Å²) in [5, 5.41) is 3.25. The van der Waals surface area contributed by atoms with Crippen LogP contribution in [0.25, 0.3) is 0 Å². The quantitative estimate of drug-likeness (QED) is 0.365. The number of piperazine rings is 1. The molecule has 0 spiro atoms. The molecular formula is C29H30N6O. The Hall–Kier alpha value is -4.23. The lowest BCUT2D eigenvalue weighted by molar-refractivity contribution is 0.101. The van der Waals surface area contributed by atoms with Gasteiger partial charge in [-0.3, -0.25) is 9.69 Å². The van der Waals surface area contributed by atoms with Gasteiger partial charge < -0.3 is 16.0 Å². The van der Waals surface area contributed by atoms with Crippen LogP contribution in [0, 0.1) is 0 Å². The number of nitrogens with two attached hydrogens (primary N) is 1. The number of hydrogen-bond donors (Lipinski definition) is 2. The fourth-order valence-electron chi connectivity index (χ4n) is 4.77. The Labute approximate surface area is 211 Å². The van der Waals surface area contributed by atoms with E-state index >= 15 is 0 Å². The third kappa shape index (κ3) is 5.06. The number of carbonyl (C=O) groups excluding carboxylic acids is 1. The first-order chi connectivity index (χ1) is 17.6. The predicted octanol–water partition coefficient (Wildman–Crippen LogP) is 4.92. The molecule has 1 aliphatic heterocycles. The van der Waals surface area contributed by atoms with Crippen molar-refractivity contribution in [3.8, 4) is 0 Å². The van der Waals surface area contributed by atoms with E-state index in [0.717, 1.165) is 37.7 Å². The Kier molecular flexibility index (Phi) is 6.91. The van der Waals surface area contributed by atoms with Crippen molar-refractivity contribution >= 4 is 28.8 Å². The van der Waals surface area contributed by atoms with Gasteiger partial charge in [0.1, 0.15) is 12.0 Å². The molecule has 4 aromatic rings. The molecule has 0 atom stereocenters. The SMILES string of the molecule is CC(=O)c1cccc(Nc2ncnc(N3CCN(C(c4ccccc4)c4ccccc4)CC3)c2N)c1. The molecule has 0 amide bonds. The van der Waals surface area contributed by atoms with Crippen LogP contribution in [-0.4, -0.2) is 46.8 Å². The standard InChI is InChI=1S/C29H30N6O/c1-21(36)24-13-8-14-25(19-24)33-28-26(30)29(32-20-31-28)35-17-15-34(16-18-35)27(22-9-4-2-5-10-22)23-11-6-3-7-12-23/h2-14,19-20,27H,15-18,30H2,1H3,(H,31,32,33). The Bertz CT molecular complexity index is 1280. The zero-order chi connectivity index (χ0) is 24.9. The van der Waals surface area contributed by atoms with E-state index in [9.17, 15) is 4.79 Å². The first-order valence-corrected chi connectivity index (χ1v) is 12.2. The summed E-state index contributed by atoms with van der Waals surface area (Å²) in [4.78, 5) is 25.4. The van der Waals surface area contributed by atoms with Crippen LogP contribution in [0.15, 0.2) is 91.3 Å². The van der Waals surface area contributed by atoms with Gasteiger partial charge in [0, 0.05) is 37.4 Å². The molecule has 5 rings (SSSR count). The summed E-state index contributed by atoms with van der Waals surface area (Å²) in [5.74, 6) is 1.28. The van der Waals surface area contributed by atoms with Crippen LogP contribution in [0.3, 0.4) is 0 Å². The van der Waals surface area contributed by atoms with E-state index in [1.165, 1.54) is 17.5 Å². The number of nitrogens with zero attached hydrogens (tertiary/aromatic N) is 4. The van der Waals surface area contributed by atoms with Gasteiger partial charge in [-0.15, -0.1) is 0 Å². The molecule has 1 aliphatic rings. The molecule has 7 heteroatoms. The van der Waals surface area contributed by atoms with Gasteiger partial charge >= 0.3 is 0 Å². The van der Waals surface area contributed by atoms with Crippen LogP contribution in [0.5, 0.6) is 0 Å². The molecule has 0 bridgehead atoms. The van der Waals surface area contributed by atoms with Crippen LogP contribution in [-0.2, 0) is 0 Å². The van der Waals surface area contributed by atoms with E-state index < -0.39 is 0 Å². The molecule has 3 N–H and O–H groups in total. The zero-order valence-electron chi connectivity index (χ0n) is 20.3. The zero-order valence-corrected chi connectivity index (χ0v) is 20.3. The fourth-order valence-corrected chi connectivity index (χ4v) is 4.77. The molecule has 1 fully saturated rings. The minimum atomic E-state index is 0.0113. The van der Waals surface area contributed by atoms with Crippen molar-refractivity contribution in [1.29, 1.82) is 0 Å². The average Bonchev–Trinajstić information content (AvgIpc) is 2.92. The maximum atomic E-state index is 11.7. The van der Waals surface area contributed by atoms with Gasteiger partial charge in [-0.2, -0.15) is 0 Å². The summed E-state index contributed by atoms with van der Waals surface area (Å²) < 4.78 is 0. The molecule has 0 unspecified atom stereocenters. The highest BCUT2D eigenvalue weighted by Crippen LogP contribution is 2.33. The Morgan fingerprint density at radius 1 is 0.861 bits per heavy atom. The molecule has 36 heavy (non-hydrogen) atoms. The molecule has 1 saturated heterocycles. The van der Waals surface area contributed by atoms with Gasteiger partial charge in [-0.25, -0.2) is 9.97 Å². The van der Waals surface area contributed by atoms with Crippen molar-refractivity contribution < 1.29 is 4.79 Å². The van der Waals surface area contributed by atoms with E-state index in [0.29, 0.717) is 17.1 Å². The monoisotopic (exact) mass is 478 g/mol. The minimum Gasteiger partial charge on any atom is -0.393 e. The highest BCUT2D eigenvalue weighted by Gasteiger charge is 2.28. The summed E-state index contributed by atoms with van der Waals surface area (Å²) in [6.07, 6.45) is 1.53. The predicted molar refractivity (Wildman–Crippen MR) is 145 cm³/mol. The number of carbonyl (C=O) groups is 1. The Morgan fingerprint density at radius 2 is 1.50 bits per heavy atom. The van der Waals surface area contributed by atoms with Crippen LogP contribution in [0.2, 0.25) is 0 Å². The molecule has 0 aliphatic carbocycles. The van der Waals surface area contributed by atoms with Crippen LogP contribution in [0.4, 0.5) is 23.0 Å². The number of anilines is 4. The molecule has 2 heterocycles. The summed E-state index contributed by atoms with van der Waals surface area (Å²) >= 11 is 0. The van der Waals surface area contributed by atoms with Gasteiger partial charge in [-0.05, 0) is 30.2 Å². The maximum Gasteiger partial charge on any atom is 0.159 e. The summed E-state index contributed by atoms with van der Waals surface area (Å²) in [6.45, 7) is 4.91. The molecule has 0 radical (unpaired) electrons. The van der Waals surface area contributed by atoms with E-state index in [1.807, 2.05) is 12.1 Å². The molecular weight excluding hydrogens is 448 g/mol. The Balaban J connectivity index is 1.33. The second-order valence-corrected chi connectivity index (χ2v) is 8.97. The molecule has 1 aromatic heterocycles. The molecule has 182 valence electrons. The maximum absolute atomic E-state index is 11.7. The lowest BCUT2D eigenvalue weighted by Gasteiger charge is -2.40. The number of ketones is 1. The van der Waals surface area contributed by atoms with Gasteiger partial charge in [-0.1, -0.05) is 72.8 Å². The number of nitrogen functional groups attached to an aromatic ring is 1. The normalized spacial score (nSPS) is 14.1. The summed E-state index contributed by atoms with van der Waals surface area (Å²) in [6, 6.07) is 28.8. The van der Waals surface area contributed by atoms with Gasteiger partial charge in [0.25, 0.3) is 0 Å². The number of benzene rings is 3. The lowest BCUT2D eigenvalue weighted by Crippen LogP contribution is -2.48. The molecule has 7 nitrogen and oxygen atoms in total. The van der Waals surface area contributed by atoms with Crippen LogP contribution < -0.4 is 16.0 Å². The van der Waals surface area contributed by atoms with Crippen molar-refractivity contribution in [1.82, 2.24) is 14.9 Å². The number of Topliss-reactive ketones (excluding diaryl/α,β-unsaturated/α-hetero) is 1. The van der Waals surface area contributed by atoms with Crippen molar-refractivity contribution in [2.45, 2.75) is 13.0 Å². The van der Waals surface area contributed by atoms with E-state index in [1.54, 1.807) is 19.1 Å². The minimum absolute atomic E-state index is 0.0113. The fraction of sp³-hybridized carbons (Fsp3) is 0.207. The third-order valence-corrected chi connectivity index (χ3v) is 6.60. The van der Waals surface area contributed by atoms with E-state index in [4.69, 9.17) is 5.73 Å². The van der Waals surface area contributed by atoms with Crippen molar-refractivity contribution in [2.75, 3.05) is 42.1 Å². The summed E-state index contributed by atoms with van der Waals surface area (Å²) in [7, 11) is 0. The molecule has 3 aromatic carbocycles. The van der Waals surface area contributed by atoms with Gasteiger partial charge in [0.15, 0.2) is 17.4 Å². The highest BCUT2D eigenvalue weighted by molar-refractivity contribution is 5.95. The van der Waals surface area contributed by atoms with Crippen LogP contribution in [0.1, 0.15) is 34.5 Å². The van der Waals surface area contributed by atoms with E-state index in [2.05, 4.69) is 85.7 Å². The number of hydrogen-bond acceptors (Lipinski definition) is 7. The first kappa shape index (κ1) is 23.5. The van der Waals surface area contributed by atoms with Crippen molar-refractivity contribution in [2.24, 2.45) is 0 Å². The number of nitrogens with one attached hydrogen (secondary N) is 1. The second-order valence-electron chi connectivity index (χ2n) is 8.97. The van der Waals surface area contributed by atoms with Crippen LogP contribution >= 0.6 is 0 Å². The van der Waals surface area contributed by atoms with Gasteiger partial charge in [0.05, 0.1) is 6.04 Å². The Morgan fingerprint density at radius 3 is 2.11 bits per heavy atom. The average molecular weight is 479 g/mol. The second kappa shape index (κ2) is 10.6.